The van der Waals surface area contributed by atoms with Crippen molar-refractivity contribution in [3.05, 3.63) is 106 Å². The molecule has 0 atom stereocenters. The Kier molecular flexibility index (Phi) is 6.51. The molecule has 0 aliphatic rings. The van der Waals surface area contributed by atoms with E-state index >= 15 is 0 Å². The molecule has 0 bridgehead atoms. The number of fused-ring (bicyclic) bond motifs is 1. The lowest BCUT2D eigenvalue weighted by Crippen LogP contribution is -2.20. The van der Waals surface area contributed by atoms with Crippen molar-refractivity contribution in [1.82, 2.24) is 9.38 Å². The molecule has 2 heterocycles. The van der Waals surface area contributed by atoms with E-state index in [1.807, 2.05) is 37.3 Å². The molecule has 7 heteroatoms. The predicted octanol–water partition coefficient (Wildman–Crippen LogP) is 4.90. The molecule has 0 fully saturated rings. The maximum absolute atomic E-state index is 13.3. The molecule has 7 nitrogen and oxygen atoms in total. The molecule has 0 saturated carbocycles. The van der Waals surface area contributed by atoms with E-state index in [9.17, 15) is 14.9 Å². The summed E-state index contributed by atoms with van der Waals surface area (Å²) in [6, 6.07) is 21.6. The van der Waals surface area contributed by atoms with Gasteiger partial charge in [0.05, 0.1) is 0 Å². The Morgan fingerprint density at radius 3 is 2.53 bits per heavy atom. The molecule has 0 unspecified atom stereocenters. The number of anilines is 1. The summed E-state index contributed by atoms with van der Waals surface area (Å²) in [4.78, 5) is 30.5. The van der Waals surface area contributed by atoms with E-state index in [4.69, 9.17) is 4.74 Å². The van der Waals surface area contributed by atoms with Crippen LogP contribution in [0, 0.1) is 18.3 Å². The number of nitrogens with one attached hydrogen (secondary N) is 1. The van der Waals surface area contributed by atoms with E-state index in [2.05, 4.69) is 17.2 Å². The zero-order chi connectivity index (χ0) is 24.1. The van der Waals surface area contributed by atoms with Crippen LogP contribution in [0.2, 0.25) is 0 Å². The third kappa shape index (κ3) is 4.87. The van der Waals surface area contributed by atoms with Crippen molar-refractivity contribution in [2.24, 2.45) is 0 Å². The average molecular weight is 450 g/mol. The molecule has 4 rings (SSSR count). The minimum atomic E-state index is -0.637. The van der Waals surface area contributed by atoms with Crippen molar-refractivity contribution in [2.75, 3.05) is 5.32 Å². The number of pyridine rings is 1. The van der Waals surface area contributed by atoms with Gasteiger partial charge in [0.1, 0.15) is 28.6 Å². The minimum absolute atomic E-state index is 0.00104. The summed E-state index contributed by atoms with van der Waals surface area (Å²) in [6.45, 7) is 3.99. The van der Waals surface area contributed by atoms with E-state index in [1.165, 1.54) is 10.5 Å². The summed E-state index contributed by atoms with van der Waals surface area (Å²) in [5.41, 5.74) is 2.39. The van der Waals surface area contributed by atoms with Crippen LogP contribution in [0.15, 0.2) is 83.3 Å². The SMILES string of the molecule is CCc1ccc(Oc2nc3ccccn3c(=O)c2/C=C(\C#N)C(=O)Nc2ccc(C)cc2)cc1. The number of aromatic nitrogens is 2. The summed E-state index contributed by atoms with van der Waals surface area (Å²) in [5.74, 6) is -0.139. The van der Waals surface area contributed by atoms with Crippen molar-refractivity contribution in [3.63, 3.8) is 0 Å². The molecule has 2 aromatic carbocycles. The first-order valence-corrected chi connectivity index (χ1v) is 10.8. The van der Waals surface area contributed by atoms with Gasteiger partial charge in [-0.1, -0.05) is 42.8 Å². The van der Waals surface area contributed by atoms with E-state index in [1.54, 1.807) is 48.7 Å². The fourth-order valence-electron chi connectivity index (χ4n) is 3.32. The molecular weight excluding hydrogens is 428 g/mol. The van der Waals surface area contributed by atoms with E-state index < -0.39 is 11.5 Å². The van der Waals surface area contributed by atoms with Crippen LogP contribution in [-0.2, 0) is 11.2 Å². The van der Waals surface area contributed by atoms with E-state index in [-0.39, 0.29) is 17.0 Å². The molecule has 0 radical (unpaired) electrons. The first kappa shape index (κ1) is 22.5. The lowest BCUT2D eigenvalue weighted by atomic mass is 10.1. The summed E-state index contributed by atoms with van der Waals surface area (Å²) < 4.78 is 7.28. The molecule has 0 spiro atoms. The number of hydrogen-bond acceptors (Lipinski definition) is 5. The van der Waals surface area contributed by atoms with E-state index in [0.717, 1.165) is 17.5 Å². The summed E-state index contributed by atoms with van der Waals surface area (Å²) in [6.07, 6.45) is 3.67. The highest BCUT2D eigenvalue weighted by atomic mass is 16.5. The van der Waals surface area contributed by atoms with Gasteiger partial charge in [0.2, 0.25) is 5.88 Å². The Morgan fingerprint density at radius 2 is 1.85 bits per heavy atom. The first-order chi connectivity index (χ1) is 16.5. The number of benzene rings is 2. The van der Waals surface area contributed by atoms with E-state index in [0.29, 0.717) is 17.1 Å². The first-order valence-electron chi connectivity index (χ1n) is 10.8. The fourth-order valence-corrected chi connectivity index (χ4v) is 3.32. The number of nitrogens with zero attached hydrogens (tertiary/aromatic N) is 3. The zero-order valence-corrected chi connectivity index (χ0v) is 18.8. The van der Waals surface area contributed by atoms with Gasteiger partial charge in [0, 0.05) is 11.9 Å². The largest absolute Gasteiger partial charge is 0.438 e. The van der Waals surface area contributed by atoms with Crippen molar-refractivity contribution in [2.45, 2.75) is 20.3 Å². The van der Waals surface area contributed by atoms with Crippen molar-refractivity contribution >= 4 is 23.3 Å². The maximum Gasteiger partial charge on any atom is 0.269 e. The lowest BCUT2D eigenvalue weighted by molar-refractivity contribution is -0.112. The molecule has 0 aliphatic heterocycles. The lowest BCUT2D eigenvalue weighted by Gasteiger charge is -2.11. The highest BCUT2D eigenvalue weighted by Gasteiger charge is 2.17. The second-order valence-electron chi connectivity index (χ2n) is 7.65. The van der Waals surface area contributed by atoms with Crippen LogP contribution in [0.3, 0.4) is 0 Å². The number of carbonyl (C=O) groups excluding carboxylic acids is 1. The standard InChI is InChI=1S/C27H22N4O3/c1-3-19-9-13-22(14-10-19)34-26-23(27(33)31-15-5-4-6-24(31)30-26)16-20(17-28)25(32)29-21-11-7-18(2)8-12-21/h4-16H,3H2,1-2H3,(H,29,32)/b20-16+. The molecule has 34 heavy (non-hydrogen) atoms. The number of hydrogen-bond donors (Lipinski definition) is 1. The molecule has 2 aromatic heterocycles. The number of rotatable bonds is 6. The van der Waals surface area contributed by atoms with Gasteiger partial charge in [0.15, 0.2) is 0 Å². The topological polar surface area (TPSA) is 96.5 Å². The summed E-state index contributed by atoms with van der Waals surface area (Å²) in [5, 5.41) is 12.4. The van der Waals surface area contributed by atoms with Gasteiger partial charge in [-0.05, 0) is 61.4 Å². The number of amides is 1. The van der Waals surface area contributed by atoms with Crippen LogP contribution in [0.1, 0.15) is 23.6 Å². The Hall–Kier alpha value is -4.70. The molecular formula is C27H22N4O3. The smallest absolute Gasteiger partial charge is 0.269 e. The van der Waals surface area contributed by atoms with Crippen molar-refractivity contribution < 1.29 is 9.53 Å². The number of aryl methyl sites for hydroxylation is 2. The quantitative estimate of drug-likeness (QED) is 0.333. The molecule has 0 aliphatic carbocycles. The van der Waals surface area contributed by atoms with Crippen LogP contribution in [0.5, 0.6) is 11.6 Å². The van der Waals surface area contributed by atoms with Gasteiger partial charge in [-0.15, -0.1) is 0 Å². The third-order valence-corrected chi connectivity index (χ3v) is 5.24. The average Bonchev–Trinajstić information content (AvgIpc) is 2.86. The van der Waals surface area contributed by atoms with Crippen LogP contribution in [0.4, 0.5) is 5.69 Å². The monoisotopic (exact) mass is 450 g/mol. The molecule has 168 valence electrons. The highest BCUT2D eigenvalue weighted by Crippen LogP contribution is 2.25. The third-order valence-electron chi connectivity index (χ3n) is 5.24. The van der Waals surface area contributed by atoms with Crippen molar-refractivity contribution in [3.8, 4) is 17.7 Å². The van der Waals surface area contributed by atoms with Crippen LogP contribution in [0.25, 0.3) is 11.7 Å². The summed E-state index contributed by atoms with van der Waals surface area (Å²) >= 11 is 0. The normalized spacial score (nSPS) is 11.1. The second kappa shape index (κ2) is 9.84. The van der Waals surface area contributed by atoms with Crippen LogP contribution in [-0.4, -0.2) is 15.3 Å². The van der Waals surface area contributed by atoms with Gasteiger partial charge >= 0.3 is 0 Å². The molecule has 4 aromatic rings. The highest BCUT2D eigenvalue weighted by molar-refractivity contribution is 6.09. The van der Waals surface area contributed by atoms with Crippen molar-refractivity contribution in [1.29, 1.82) is 5.26 Å². The maximum atomic E-state index is 13.3. The fraction of sp³-hybridized carbons (Fsp3) is 0.111. The van der Waals surface area contributed by atoms with Gasteiger partial charge in [0.25, 0.3) is 11.5 Å². The van der Waals surface area contributed by atoms with Crippen LogP contribution >= 0.6 is 0 Å². The molecule has 0 saturated heterocycles. The predicted molar refractivity (Wildman–Crippen MR) is 131 cm³/mol. The Balaban J connectivity index is 1.77. The Labute approximate surface area is 196 Å². The van der Waals surface area contributed by atoms with Crippen LogP contribution < -0.4 is 15.6 Å². The second-order valence-corrected chi connectivity index (χ2v) is 7.65. The summed E-state index contributed by atoms with van der Waals surface area (Å²) in [7, 11) is 0. The number of ether oxygens (including phenoxy) is 1. The molecule has 1 N–H and O–H groups in total. The minimum Gasteiger partial charge on any atom is -0.438 e. The van der Waals surface area contributed by atoms with Gasteiger partial charge in [-0.2, -0.15) is 10.2 Å². The Bertz CT molecular complexity index is 1480. The zero-order valence-electron chi connectivity index (χ0n) is 18.8. The molecule has 1 amide bonds. The van der Waals surface area contributed by atoms with Gasteiger partial charge in [-0.25, -0.2) is 0 Å². The Morgan fingerprint density at radius 1 is 1.12 bits per heavy atom. The van der Waals surface area contributed by atoms with Gasteiger partial charge < -0.3 is 10.1 Å². The number of carbonyl (C=O) groups is 1. The van der Waals surface area contributed by atoms with Gasteiger partial charge in [-0.3, -0.25) is 14.0 Å². The number of nitriles is 1.